The Kier molecular flexibility index (Phi) is 7.33. The largest absolute Gasteiger partial charge is 0.507 e. The molecule has 1 aromatic rings. The van der Waals surface area contributed by atoms with Crippen molar-refractivity contribution in [3.63, 3.8) is 0 Å². The molecule has 0 bridgehead atoms. The monoisotopic (exact) mass is 481 g/mol. The number of rotatable bonds is 4. The number of benzene rings is 1. The number of unbranched alkanes of at least 4 members (excludes halogenated alkanes) is 2. The van der Waals surface area contributed by atoms with Gasteiger partial charge in [-0.3, -0.25) is 9.89 Å². The standard InChI is InChI=1S/C24H36O2.C7H12N2/c1-8-9-10-11-18-14-19-20(21(25)17(18)3)23(6)15-16(2)12-13-24(23,7)22(4,5)26-19;1-3-7-8-4-2-6-9(7)5-1/h14-15,25H,8-13H2,1-7H3;1-6H2/p+1/t23-,24-;/m0./s1. The van der Waals surface area contributed by atoms with Crippen molar-refractivity contribution < 1.29 is 14.4 Å². The molecule has 1 aromatic carbocycles. The van der Waals surface area contributed by atoms with Crippen LogP contribution in [0.4, 0.5) is 0 Å². The van der Waals surface area contributed by atoms with Crippen molar-refractivity contribution in [1.82, 2.24) is 5.32 Å². The molecule has 3 aliphatic heterocycles. The Hall–Kier alpha value is -1.97. The maximum absolute atomic E-state index is 11.2. The molecule has 4 heteroatoms. The molecule has 0 saturated carbocycles. The van der Waals surface area contributed by atoms with E-state index in [-0.39, 0.29) is 16.4 Å². The van der Waals surface area contributed by atoms with Gasteiger partial charge in [-0.15, -0.1) is 0 Å². The summed E-state index contributed by atoms with van der Waals surface area (Å²) in [5, 5.41) is 14.7. The summed E-state index contributed by atoms with van der Waals surface area (Å²) in [7, 11) is 0. The Morgan fingerprint density at radius 2 is 1.80 bits per heavy atom. The summed E-state index contributed by atoms with van der Waals surface area (Å²) >= 11 is 0. The fourth-order valence-electron chi connectivity index (χ4n) is 6.98. The molecule has 0 unspecified atom stereocenters. The molecule has 0 fully saturated rings. The first-order valence-electron chi connectivity index (χ1n) is 14.1. The van der Waals surface area contributed by atoms with Crippen molar-refractivity contribution >= 4 is 5.84 Å². The number of allylic oxidation sites excluding steroid dienone is 2. The highest BCUT2D eigenvalue weighted by molar-refractivity contribution is 5.78. The maximum Gasteiger partial charge on any atom is 0.244 e. The summed E-state index contributed by atoms with van der Waals surface area (Å²) in [6.45, 7) is 19.4. The van der Waals surface area contributed by atoms with Crippen molar-refractivity contribution in [2.75, 3.05) is 19.6 Å². The van der Waals surface area contributed by atoms with E-state index in [4.69, 9.17) is 4.74 Å². The molecule has 35 heavy (non-hydrogen) atoms. The molecule has 0 saturated heterocycles. The van der Waals surface area contributed by atoms with Gasteiger partial charge in [0.05, 0.1) is 26.1 Å². The second-order valence-corrected chi connectivity index (χ2v) is 12.3. The van der Waals surface area contributed by atoms with Crippen LogP contribution in [0.3, 0.4) is 0 Å². The quantitative estimate of drug-likeness (QED) is 0.283. The van der Waals surface area contributed by atoms with Crippen LogP contribution in [0.2, 0.25) is 0 Å². The first kappa shape index (κ1) is 26.1. The number of phenolic OH excluding ortho intramolecular Hbond substituents is 1. The zero-order valence-corrected chi connectivity index (χ0v) is 23.4. The van der Waals surface area contributed by atoms with Gasteiger partial charge in [0.1, 0.15) is 17.1 Å². The van der Waals surface area contributed by atoms with Crippen LogP contribution in [0.15, 0.2) is 17.7 Å². The molecular formula is C31H49N2O2+. The minimum absolute atomic E-state index is 0.0554. The maximum atomic E-state index is 11.2. The fraction of sp³-hybridized carbons (Fsp3) is 0.710. The molecule has 0 amide bonds. The van der Waals surface area contributed by atoms with E-state index in [9.17, 15) is 5.11 Å². The van der Waals surface area contributed by atoms with Crippen molar-refractivity contribution in [1.29, 1.82) is 0 Å². The summed E-state index contributed by atoms with van der Waals surface area (Å²) < 4.78 is 9.06. The first-order chi connectivity index (χ1) is 16.5. The second kappa shape index (κ2) is 9.82. The van der Waals surface area contributed by atoms with Crippen molar-refractivity contribution in [3.8, 4) is 11.5 Å². The third-order valence-corrected chi connectivity index (χ3v) is 9.75. The number of amidine groups is 1. The van der Waals surface area contributed by atoms with Crippen molar-refractivity contribution in [3.05, 3.63) is 34.4 Å². The highest BCUT2D eigenvalue weighted by atomic mass is 16.5. The van der Waals surface area contributed by atoms with Crippen LogP contribution >= 0.6 is 0 Å². The van der Waals surface area contributed by atoms with Gasteiger partial charge in [0.2, 0.25) is 5.84 Å². The molecule has 2 N–H and O–H groups in total. The summed E-state index contributed by atoms with van der Waals surface area (Å²) in [4.78, 5) is 0. The van der Waals surface area contributed by atoms with Gasteiger partial charge >= 0.3 is 0 Å². The number of phenols is 1. The summed E-state index contributed by atoms with van der Waals surface area (Å²) in [6, 6.07) is 2.21. The van der Waals surface area contributed by atoms with Crippen LogP contribution in [0.1, 0.15) is 110 Å². The van der Waals surface area contributed by atoms with Crippen LogP contribution < -0.4 is 10.1 Å². The van der Waals surface area contributed by atoms with E-state index in [0.717, 1.165) is 42.6 Å². The smallest absolute Gasteiger partial charge is 0.244 e. The SMILES string of the molecule is C1CNC2=[N+](C1)CCC2.CCCCCc1cc2c(c(O)c1C)[C@]1(C)C=C(C)CC[C@@]1(C)C(C)(C)O2. The number of hydrogen-bond acceptors (Lipinski definition) is 3. The topological polar surface area (TPSA) is 44.5 Å². The number of fused-ring (bicyclic) bond motifs is 3. The van der Waals surface area contributed by atoms with E-state index in [0.29, 0.717) is 5.75 Å². The molecule has 5 rings (SSSR count). The number of nitrogens with one attached hydrogen (secondary N) is 1. The summed E-state index contributed by atoms with van der Waals surface area (Å²) in [5.74, 6) is 2.83. The van der Waals surface area contributed by atoms with Gasteiger partial charge < -0.3 is 9.84 Å². The minimum atomic E-state index is -0.283. The average Bonchev–Trinajstić information content (AvgIpc) is 3.28. The molecule has 4 aliphatic rings. The Labute approximate surface area is 213 Å². The van der Waals surface area contributed by atoms with Crippen LogP contribution in [-0.2, 0) is 11.8 Å². The van der Waals surface area contributed by atoms with Gasteiger partial charge in [-0.2, -0.15) is 0 Å². The average molecular weight is 482 g/mol. The number of hydrogen-bond donors (Lipinski definition) is 2. The Morgan fingerprint density at radius 3 is 2.51 bits per heavy atom. The van der Waals surface area contributed by atoms with E-state index in [1.807, 2.05) is 0 Å². The molecule has 2 atom stereocenters. The van der Waals surface area contributed by atoms with Crippen LogP contribution in [0, 0.1) is 12.3 Å². The normalized spacial score (nSPS) is 28.5. The molecular weight excluding hydrogens is 432 g/mol. The van der Waals surface area contributed by atoms with E-state index >= 15 is 0 Å². The second-order valence-electron chi connectivity index (χ2n) is 12.3. The van der Waals surface area contributed by atoms with Gasteiger partial charge in [-0.05, 0) is 77.0 Å². The lowest BCUT2D eigenvalue weighted by atomic mass is 9.49. The first-order valence-corrected chi connectivity index (χ1v) is 14.1. The van der Waals surface area contributed by atoms with Crippen molar-refractivity contribution in [2.45, 2.75) is 117 Å². The zero-order valence-electron chi connectivity index (χ0n) is 23.4. The summed E-state index contributed by atoms with van der Waals surface area (Å²) in [5.41, 5.74) is 4.11. The molecule has 0 aromatic heterocycles. The number of nitrogens with zero attached hydrogens (tertiary/aromatic N) is 1. The third-order valence-electron chi connectivity index (χ3n) is 9.75. The Balaban J connectivity index is 0.000000266. The zero-order chi connectivity index (χ0) is 25.4. The molecule has 3 heterocycles. The van der Waals surface area contributed by atoms with Crippen LogP contribution in [-0.4, -0.2) is 40.8 Å². The number of ether oxygens (including phenoxy) is 1. The molecule has 4 nitrogen and oxygen atoms in total. The molecule has 194 valence electrons. The molecule has 0 radical (unpaired) electrons. The van der Waals surface area contributed by atoms with Gasteiger partial charge in [0.25, 0.3) is 0 Å². The number of aromatic hydroxyl groups is 1. The lowest BCUT2D eigenvalue weighted by molar-refractivity contribution is -0.525. The fourth-order valence-corrected chi connectivity index (χ4v) is 6.98. The van der Waals surface area contributed by atoms with E-state index in [2.05, 4.69) is 70.5 Å². The van der Waals surface area contributed by atoms with Gasteiger partial charge in [0, 0.05) is 22.8 Å². The lowest BCUT2D eigenvalue weighted by Gasteiger charge is -2.60. The molecule has 0 spiro atoms. The van der Waals surface area contributed by atoms with Crippen LogP contribution in [0.5, 0.6) is 11.5 Å². The van der Waals surface area contributed by atoms with Crippen LogP contribution in [0.25, 0.3) is 0 Å². The minimum Gasteiger partial charge on any atom is -0.507 e. The Bertz CT molecular complexity index is 1010. The predicted octanol–water partition coefficient (Wildman–Crippen LogP) is 6.79. The third kappa shape index (κ3) is 4.51. The van der Waals surface area contributed by atoms with Gasteiger partial charge in [-0.1, -0.05) is 45.3 Å². The van der Waals surface area contributed by atoms with E-state index < -0.39 is 0 Å². The predicted molar refractivity (Wildman–Crippen MR) is 146 cm³/mol. The highest BCUT2D eigenvalue weighted by Crippen LogP contribution is 2.64. The van der Waals surface area contributed by atoms with E-state index in [1.54, 1.807) is 0 Å². The Morgan fingerprint density at radius 1 is 1.06 bits per heavy atom. The van der Waals surface area contributed by atoms with Gasteiger partial charge in [0.15, 0.2) is 0 Å². The van der Waals surface area contributed by atoms with Crippen molar-refractivity contribution in [2.24, 2.45) is 5.41 Å². The number of aryl methyl sites for hydroxylation is 1. The van der Waals surface area contributed by atoms with E-state index in [1.165, 1.54) is 68.7 Å². The van der Waals surface area contributed by atoms with Gasteiger partial charge in [-0.25, -0.2) is 0 Å². The lowest BCUT2D eigenvalue weighted by Crippen LogP contribution is -2.61. The highest BCUT2D eigenvalue weighted by Gasteiger charge is 2.61. The molecule has 1 aliphatic carbocycles. The summed E-state index contributed by atoms with van der Waals surface area (Å²) in [6.07, 6.45) is 13.2.